The minimum atomic E-state index is -3.44. The summed E-state index contributed by atoms with van der Waals surface area (Å²) in [6.45, 7) is 1.98. The molecule has 0 atom stereocenters. The van der Waals surface area contributed by atoms with Crippen molar-refractivity contribution in [3.63, 3.8) is 0 Å². The summed E-state index contributed by atoms with van der Waals surface area (Å²) in [7, 11) is -3.44. The summed E-state index contributed by atoms with van der Waals surface area (Å²) in [5, 5.41) is 5.28. The van der Waals surface area contributed by atoms with Crippen molar-refractivity contribution in [1.29, 1.82) is 0 Å². The van der Waals surface area contributed by atoms with Crippen LogP contribution in [0.5, 0.6) is 0 Å². The zero-order valence-corrected chi connectivity index (χ0v) is 16.4. The van der Waals surface area contributed by atoms with E-state index in [1.54, 1.807) is 6.07 Å². The van der Waals surface area contributed by atoms with Crippen molar-refractivity contribution in [3.05, 3.63) is 47.4 Å². The minimum Gasteiger partial charge on any atom is -0.459 e. The molecule has 0 aliphatic rings. The van der Waals surface area contributed by atoms with Crippen molar-refractivity contribution in [2.45, 2.75) is 26.2 Å². The van der Waals surface area contributed by atoms with Gasteiger partial charge in [0.2, 0.25) is 5.91 Å². The van der Waals surface area contributed by atoms with Gasteiger partial charge in [-0.2, -0.15) is 0 Å². The van der Waals surface area contributed by atoms with Crippen LogP contribution in [0, 0.1) is 0 Å². The molecule has 2 amide bonds. The number of unbranched alkanes of at least 4 members (excludes halogenated alkanes) is 2. The fraction of sp³-hybridized carbons (Fsp3) is 0.333. The van der Waals surface area contributed by atoms with Crippen molar-refractivity contribution < 1.29 is 22.4 Å². The summed E-state index contributed by atoms with van der Waals surface area (Å²) in [6, 6.07) is 7.56. The van der Waals surface area contributed by atoms with Gasteiger partial charge < -0.3 is 15.1 Å². The molecule has 2 aromatic rings. The third-order valence-corrected chi connectivity index (χ3v) is 5.58. The Morgan fingerprint density at radius 2 is 1.93 bits per heavy atom. The third kappa shape index (κ3) is 6.73. The summed E-state index contributed by atoms with van der Waals surface area (Å²) in [5.74, 6) is -1.54. The average molecular weight is 413 g/mol. The van der Waals surface area contributed by atoms with Crippen LogP contribution in [-0.2, 0) is 14.6 Å². The number of halogens is 1. The highest BCUT2D eigenvalue weighted by molar-refractivity contribution is 7.92. The highest BCUT2D eigenvalue weighted by Crippen LogP contribution is 2.26. The molecule has 0 saturated carbocycles. The van der Waals surface area contributed by atoms with E-state index in [1.165, 1.54) is 30.5 Å². The van der Waals surface area contributed by atoms with Crippen LogP contribution in [-0.4, -0.2) is 31.7 Å². The largest absolute Gasteiger partial charge is 0.459 e. The van der Waals surface area contributed by atoms with Gasteiger partial charge in [-0.15, -0.1) is 0 Å². The quantitative estimate of drug-likeness (QED) is 0.610. The van der Waals surface area contributed by atoms with E-state index < -0.39 is 27.4 Å². The molecule has 0 spiro atoms. The number of rotatable bonds is 9. The number of amides is 2. The Kier molecular flexibility index (Phi) is 7.44. The first kappa shape index (κ1) is 21.0. The fourth-order valence-electron chi connectivity index (χ4n) is 2.33. The molecule has 146 valence electrons. The number of hydrogen-bond acceptors (Lipinski definition) is 5. The van der Waals surface area contributed by atoms with Crippen LogP contribution in [0.1, 0.15) is 36.7 Å². The van der Waals surface area contributed by atoms with E-state index >= 15 is 0 Å². The van der Waals surface area contributed by atoms with Crippen molar-refractivity contribution in [2.24, 2.45) is 0 Å². The van der Waals surface area contributed by atoms with E-state index in [0.29, 0.717) is 17.8 Å². The molecular weight excluding hydrogens is 392 g/mol. The van der Waals surface area contributed by atoms with Crippen molar-refractivity contribution in [2.75, 3.05) is 22.1 Å². The normalized spacial score (nSPS) is 11.2. The van der Waals surface area contributed by atoms with E-state index in [1.807, 2.05) is 6.92 Å². The molecule has 0 radical (unpaired) electrons. The summed E-state index contributed by atoms with van der Waals surface area (Å²) in [5.41, 5.74) is 0.674. The van der Waals surface area contributed by atoms with Gasteiger partial charge in [-0.05, 0) is 36.8 Å². The number of carbonyl (C=O) groups is 2. The lowest BCUT2D eigenvalue weighted by Crippen LogP contribution is -2.24. The van der Waals surface area contributed by atoms with Crippen LogP contribution in [0.25, 0.3) is 0 Å². The standard InChI is InChI=1S/C18H21ClN2O5S/c1-2-3-4-10-27(24,25)12-17(22)20-13-7-8-15(14(19)11-13)21-18(23)16-6-5-9-26-16/h5-9,11H,2-4,10,12H2,1H3,(H,20,22)(H,21,23). The maximum absolute atomic E-state index is 12.0. The van der Waals surface area contributed by atoms with E-state index in [-0.39, 0.29) is 16.5 Å². The Morgan fingerprint density at radius 1 is 1.15 bits per heavy atom. The molecule has 2 rings (SSSR count). The van der Waals surface area contributed by atoms with Crippen LogP contribution < -0.4 is 10.6 Å². The first-order chi connectivity index (χ1) is 12.8. The number of anilines is 2. The van der Waals surface area contributed by atoms with Gasteiger partial charge in [0, 0.05) is 5.69 Å². The fourth-order valence-corrected chi connectivity index (χ4v) is 3.81. The molecular formula is C18H21ClN2O5S. The van der Waals surface area contributed by atoms with E-state index in [9.17, 15) is 18.0 Å². The lowest BCUT2D eigenvalue weighted by atomic mass is 10.2. The van der Waals surface area contributed by atoms with Gasteiger partial charge in [-0.1, -0.05) is 31.4 Å². The van der Waals surface area contributed by atoms with Gasteiger partial charge in [0.1, 0.15) is 5.75 Å². The number of nitrogens with one attached hydrogen (secondary N) is 2. The molecule has 9 heteroatoms. The maximum Gasteiger partial charge on any atom is 0.291 e. The third-order valence-electron chi connectivity index (χ3n) is 3.66. The van der Waals surface area contributed by atoms with Gasteiger partial charge in [0.15, 0.2) is 15.6 Å². The summed E-state index contributed by atoms with van der Waals surface area (Å²) >= 11 is 6.12. The molecule has 0 unspecified atom stereocenters. The van der Waals surface area contributed by atoms with E-state index in [0.717, 1.165) is 12.8 Å². The second kappa shape index (κ2) is 9.57. The zero-order valence-electron chi connectivity index (χ0n) is 14.8. The Labute approximate surface area is 163 Å². The van der Waals surface area contributed by atoms with Crippen molar-refractivity contribution in [3.8, 4) is 0 Å². The van der Waals surface area contributed by atoms with Crippen LogP contribution in [0.15, 0.2) is 41.0 Å². The van der Waals surface area contributed by atoms with Crippen LogP contribution in [0.4, 0.5) is 11.4 Å². The highest BCUT2D eigenvalue weighted by atomic mass is 35.5. The molecule has 0 aliphatic carbocycles. The number of hydrogen-bond donors (Lipinski definition) is 2. The molecule has 0 bridgehead atoms. The van der Waals surface area contributed by atoms with Crippen molar-refractivity contribution in [1.82, 2.24) is 0 Å². The number of furan rings is 1. The van der Waals surface area contributed by atoms with Crippen LogP contribution in [0.3, 0.4) is 0 Å². The Bertz CT molecular complexity index is 894. The molecule has 0 fully saturated rings. The summed E-state index contributed by atoms with van der Waals surface area (Å²) in [4.78, 5) is 23.9. The van der Waals surface area contributed by atoms with Crippen molar-refractivity contribution >= 4 is 44.6 Å². The predicted molar refractivity (Wildman–Crippen MR) is 105 cm³/mol. The number of carbonyl (C=O) groups excluding carboxylic acids is 2. The molecule has 0 aliphatic heterocycles. The second-order valence-corrected chi connectivity index (χ2v) is 8.56. The lowest BCUT2D eigenvalue weighted by molar-refractivity contribution is -0.113. The number of sulfone groups is 1. The molecule has 1 heterocycles. The Morgan fingerprint density at radius 3 is 2.56 bits per heavy atom. The first-order valence-electron chi connectivity index (χ1n) is 8.45. The van der Waals surface area contributed by atoms with Gasteiger partial charge in [0.05, 0.1) is 22.7 Å². The first-order valence-corrected chi connectivity index (χ1v) is 10.7. The van der Waals surface area contributed by atoms with Gasteiger partial charge in [-0.25, -0.2) is 8.42 Å². The molecule has 1 aromatic carbocycles. The zero-order chi connectivity index (χ0) is 19.9. The van der Waals surface area contributed by atoms with Crippen LogP contribution >= 0.6 is 11.6 Å². The van der Waals surface area contributed by atoms with E-state index in [4.69, 9.17) is 16.0 Å². The minimum absolute atomic E-state index is 0.00718. The van der Waals surface area contributed by atoms with Gasteiger partial charge in [0.25, 0.3) is 5.91 Å². The smallest absolute Gasteiger partial charge is 0.291 e. The van der Waals surface area contributed by atoms with Crippen LogP contribution in [0.2, 0.25) is 5.02 Å². The highest BCUT2D eigenvalue weighted by Gasteiger charge is 2.17. The molecule has 7 nitrogen and oxygen atoms in total. The molecule has 27 heavy (non-hydrogen) atoms. The average Bonchev–Trinajstić information content (AvgIpc) is 3.11. The summed E-state index contributed by atoms with van der Waals surface area (Å²) in [6.07, 6.45) is 3.64. The Balaban J connectivity index is 1.95. The van der Waals surface area contributed by atoms with Gasteiger partial charge >= 0.3 is 0 Å². The maximum atomic E-state index is 12.0. The summed E-state index contributed by atoms with van der Waals surface area (Å²) < 4.78 is 28.8. The van der Waals surface area contributed by atoms with E-state index in [2.05, 4.69) is 10.6 Å². The predicted octanol–water partition coefficient (Wildman–Crippen LogP) is 3.73. The molecule has 0 saturated heterocycles. The molecule has 2 N–H and O–H groups in total. The lowest BCUT2D eigenvalue weighted by Gasteiger charge is -2.10. The molecule has 1 aromatic heterocycles. The van der Waals surface area contributed by atoms with Gasteiger partial charge in [-0.3, -0.25) is 9.59 Å². The monoisotopic (exact) mass is 412 g/mol. The number of benzene rings is 1. The SMILES string of the molecule is CCCCCS(=O)(=O)CC(=O)Nc1ccc(NC(=O)c2ccco2)c(Cl)c1. The topological polar surface area (TPSA) is 105 Å². The Hall–Kier alpha value is -2.32. The second-order valence-electron chi connectivity index (χ2n) is 5.97.